The lowest BCUT2D eigenvalue weighted by Crippen LogP contribution is -2.51. The van der Waals surface area contributed by atoms with E-state index in [0.29, 0.717) is 43.2 Å². The average molecular weight is 388 g/mol. The topological polar surface area (TPSA) is 77.1 Å². The number of likely N-dealkylation sites (tertiary alicyclic amines) is 1. The van der Waals surface area contributed by atoms with E-state index in [-0.39, 0.29) is 11.8 Å². The SMILES string of the molecule is COCCN1C(=O)CCC2(C(=O)Nc3cc(OC)cc(OC)c3)CCCC=C12. The first-order valence-electron chi connectivity index (χ1n) is 9.58. The zero-order chi connectivity index (χ0) is 20.1. The maximum Gasteiger partial charge on any atom is 0.236 e. The summed E-state index contributed by atoms with van der Waals surface area (Å²) in [7, 11) is 4.75. The molecule has 1 heterocycles. The Kier molecular flexibility index (Phi) is 6.24. The minimum absolute atomic E-state index is 0.0525. The summed E-state index contributed by atoms with van der Waals surface area (Å²) < 4.78 is 15.8. The van der Waals surface area contributed by atoms with E-state index in [2.05, 4.69) is 5.32 Å². The molecule has 1 aliphatic heterocycles. The van der Waals surface area contributed by atoms with Gasteiger partial charge in [0.25, 0.3) is 0 Å². The minimum atomic E-state index is -0.698. The number of carbonyl (C=O) groups excluding carboxylic acids is 2. The van der Waals surface area contributed by atoms with E-state index in [1.807, 2.05) is 6.08 Å². The lowest BCUT2D eigenvalue weighted by molar-refractivity contribution is -0.138. The summed E-state index contributed by atoms with van der Waals surface area (Å²) in [6, 6.07) is 5.28. The van der Waals surface area contributed by atoms with Crippen LogP contribution in [0.3, 0.4) is 0 Å². The van der Waals surface area contributed by atoms with Crippen molar-refractivity contribution in [1.29, 1.82) is 0 Å². The third-order valence-corrected chi connectivity index (χ3v) is 5.56. The van der Waals surface area contributed by atoms with E-state index in [1.54, 1.807) is 44.4 Å². The highest BCUT2D eigenvalue weighted by molar-refractivity contribution is 6.00. The molecule has 2 aliphatic rings. The van der Waals surface area contributed by atoms with Gasteiger partial charge in [0.15, 0.2) is 0 Å². The van der Waals surface area contributed by atoms with Crippen molar-refractivity contribution in [3.8, 4) is 11.5 Å². The molecule has 1 N–H and O–H groups in total. The van der Waals surface area contributed by atoms with Crippen LogP contribution in [0.2, 0.25) is 0 Å². The maximum atomic E-state index is 13.4. The molecule has 1 unspecified atom stereocenters. The van der Waals surface area contributed by atoms with Crippen LogP contribution in [0.4, 0.5) is 5.69 Å². The second kappa shape index (κ2) is 8.65. The number of fused-ring (bicyclic) bond motifs is 1. The molecule has 0 spiro atoms. The molecule has 2 amide bonds. The van der Waals surface area contributed by atoms with Crippen LogP contribution in [0.5, 0.6) is 11.5 Å². The number of nitrogens with one attached hydrogen (secondary N) is 1. The van der Waals surface area contributed by atoms with E-state index in [4.69, 9.17) is 14.2 Å². The summed E-state index contributed by atoms with van der Waals surface area (Å²) in [5, 5.41) is 3.03. The average Bonchev–Trinajstić information content (AvgIpc) is 2.72. The van der Waals surface area contributed by atoms with Crippen molar-refractivity contribution in [2.24, 2.45) is 5.41 Å². The van der Waals surface area contributed by atoms with Gasteiger partial charge in [-0.3, -0.25) is 9.59 Å². The Morgan fingerprint density at radius 1 is 1.14 bits per heavy atom. The first-order valence-corrected chi connectivity index (χ1v) is 9.58. The largest absolute Gasteiger partial charge is 0.497 e. The van der Waals surface area contributed by atoms with Gasteiger partial charge in [-0.1, -0.05) is 6.08 Å². The van der Waals surface area contributed by atoms with Gasteiger partial charge in [-0.15, -0.1) is 0 Å². The van der Waals surface area contributed by atoms with Gasteiger partial charge in [0.2, 0.25) is 11.8 Å². The third-order valence-electron chi connectivity index (χ3n) is 5.56. The number of ether oxygens (including phenoxy) is 3. The standard InChI is InChI=1S/C21H28N2O5/c1-26-11-10-23-18-6-4-5-8-21(18,9-7-19(23)24)20(25)22-15-12-16(27-2)14-17(13-15)28-3/h6,12-14H,4-5,7-11H2,1-3H3,(H,22,25). The summed E-state index contributed by atoms with van der Waals surface area (Å²) in [5.74, 6) is 1.17. The van der Waals surface area contributed by atoms with Gasteiger partial charge in [-0.2, -0.15) is 0 Å². The molecule has 7 nitrogen and oxygen atoms in total. The minimum Gasteiger partial charge on any atom is -0.497 e. The molecule has 0 radical (unpaired) electrons. The van der Waals surface area contributed by atoms with Gasteiger partial charge in [-0.05, 0) is 25.7 Å². The molecule has 1 atom stereocenters. The van der Waals surface area contributed by atoms with Crippen LogP contribution < -0.4 is 14.8 Å². The van der Waals surface area contributed by atoms with Crippen molar-refractivity contribution in [2.45, 2.75) is 32.1 Å². The second-order valence-corrected chi connectivity index (χ2v) is 7.16. The number of piperidine rings is 1. The van der Waals surface area contributed by atoms with Gasteiger partial charge in [0.1, 0.15) is 11.5 Å². The fourth-order valence-electron chi connectivity index (χ4n) is 4.08. The number of carbonyl (C=O) groups is 2. The lowest BCUT2D eigenvalue weighted by Gasteiger charge is -2.45. The van der Waals surface area contributed by atoms with E-state index in [9.17, 15) is 9.59 Å². The number of amides is 2. The highest BCUT2D eigenvalue weighted by Gasteiger charge is 2.49. The van der Waals surface area contributed by atoms with Crippen molar-refractivity contribution in [2.75, 3.05) is 39.8 Å². The van der Waals surface area contributed by atoms with Gasteiger partial charge in [0.05, 0.1) is 26.2 Å². The molecule has 1 fully saturated rings. The zero-order valence-corrected chi connectivity index (χ0v) is 16.7. The summed E-state index contributed by atoms with van der Waals surface area (Å²) in [5.41, 5.74) is 0.733. The smallest absolute Gasteiger partial charge is 0.236 e. The van der Waals surface area contributed by atoms with Crippen LogP contribution in [0, 0.1) is 5.41 Å². The molecule has 1 saturated heterocycles. The van der Waals surface area contributed by atoms with Gasteiger partial charge < -0.3 is 24.4 Å². The van der Waals surface area contributed by atoms with Gasteiger partial charge in [0, 0.05) is 49.7 Å². The monoisotopic (exact) mass is 388 g/mol. The molecule has 1 aromatic carbocycles. The molecular weight excluding hydrogens is 360 g/mol. The molecule has 1 aliphatic carbocycles. The molecule has 0 aromatic heterocycles. The molecule has 152 valence electrons. The maximum absolute atomic E-state index is 13.4. The predicted molar refractivity (Wildman–Crippen MR) is 105 cm³/mol. The van der Waals surface area contributed by atoms with E-state index in [1.165, 1.54) is 0 Å². The highest BCUT2D eigenvalue weighted by atomic mass is 16.5. The predicted octanol–water partition coefficient (Wildman–Crippen LogP) is 2.97. The van der Waals surface area contributed by atoms with Crippen molar-refractivity contribution < 1.29 is 23.8 Å². The van der Waals surface area contributed by atoms with Crippen LogP contribution in [-0.2, 0) is 14.3 Å². The molecule has 0 bridgehead atoms. The Bertz CT molecular complexity index is 754. The van der Waals surface area contributed by atoms with Crippen LogP contribution in [0.1, 0.15) is 32.1 Å². The van der Waals surface area contributed by atoms with Gasteiger partial charge >= 0.3 is 0 Å². The summed E-state index contributed by atoms with van der Waals surface area (Å²) in [6.45, 7) is 0.900. The number of rotatable bonds is 7. The fraction of sp³-hybridized carbons (Fsp3) is 0.524. The summed E-state index contributed by atoms with van der Waals surface area (Å²) >= 11 is 0. The van der Waals surface area contributed by atoms with Crippen molar-refractivity contribution in [3.63, 3.8) is 0 Å². The number of nitrogens with zero attached hydrogens (tertiary/aromatic N) is 1. The number of anilines is 1. The number of hydrogen-bond acceptors (Lipinski definition) is 5. The third kappa shape index (κ3) is 3.85. The van der Waals surface area contributed by atoms with E-state index < -0.39 is 5.41 Å². The normalized spacial score (nSPS) is 21.6. The molecular formula is C21H28N2O5. The zero-order valence-electron chi connectivity index (χ0n) is 16.7. The summed E-state index contributed by atoms with van der Waals surface area (Å²) in [6.07, 6.45) is 5.44. The van der Waals surface area contributed by atoms with Crippen molar-refractivity contribution in [1.82, 2.24) is 4.90 Å². The Hall–Kier alpha value is -2.54. The lowest BCUT2D eigenvalue weighted by atomic mass is 9.69. The van der Waals surface area contributed by atoms with E-state index >= 15 is 0 Å². The molecule has 0 saturated carbocycles. The number of benzene rings is 1. The fourth-order valence-corrected chi connectivity index (χ4v) is 4.08. The summed E-state index contributed by atoms with van der Waals surface area (Å²) in [4.78, 5) is 27.7. The highest BCUT2D eigenvalue weighted by Crippen LogP contribution is 2.47. The number of allylic oxidation sites excluding steroid dienone is 1. The quantitative estimate of drug-likeness (QED) is 0.777. The Morgan fingerprint density at radius 2 is 1.86 bits per heavy atom. The van der Waals surface area contributed by atoms with Crippen LogP contribution in [0.15, 0.2) is 30.0 Å². The molecule has 28 heavy (non-hydrogen) atoms. The Morgan fingerprint density at radius 3 is 2.50 bits per heavy atom. The van der Waals surface area contributed by atoms with Crippen LogP contribution >= 0.6 is 0 Å². The van der Waals surface area contributed by atoms with Gasteiger partial charge in [-0.25, -0.2) is 0 Å². The van der Waals surface area contributed by atoms with Crippen LogP contribution in [0.25, 0.3) is 0 Å². The Labute approximate surface area is 165 Å². The second-order valence-electron chi connectivity index (χ2n) is 7.16. The van der Waals surface area contributed by atoms with Crippen LogP contribution in [-0.4, -0.2) is 51.2 Å². The Balaban J connectivity index is 1.89. The first-order chi connectivity index (χ1) is 13.5. The van der Waals surface area contributed by atoms with E-state index in [0.717, 1.165) is 25.0 Å². The first kappa shape index (κ1) is 20.2. The number of methoxy groups -OCH3 is 3. The van der Waals surface area contributed by atoms with Crippen molar-refractivity contribution >= 4 is 17.5 Å². The number of hydrogen-bond donors (Lipinski definition) is 1. The molecule has 1 aromatic rings. The molecule has 7 heteroatoms. The van der Waals surface area contributed by atoms with Crippen molar-refractivity contribution in [3.05, 3.63) is 30.0 Å². The molecule has 3 rings (SSSR count).